The van der Waals surface area contributed by atoms with Crippen molar-refractivity contribution in [1.82, 2.24) is 4.57 Å². The molecule has 0 aliphatic heterocycles. The molecule has 0 spiro atoms. The Bertz CT molecular complexity index is 675. The van der Waals surface area contributed by atoms with Crippen molar-refractivity contribution in [3.63, 3.8) is 0 Å². The van der Waals surface area contributed by atoms with Gasteiger partial charge >= 0.3 is 0 Å². The third kappa shape index (κ3) is 2.62. The van der Waals surface area contributed by atoms with E-state index in [1.54, 1.807) is 7.11 Å². The second kappa shape index (κ2) is 5.18. The number of hydrogen-bond acceptors (Lipinski definition) is 2. The fourth-order valence-corrected chi connectivity index (χ4v) is 3.81. The van der Waals surface area contributed by atoms with Crippen LogP contribution in [0.3, 0.4) is 0 Å². The molecule has 1 unspecified atom stereocenters. The number of hydrogen-bond donors (Lipinski definition) is 1. The van der Waals surface area contributed by atoms with Gasteiger partial charge in [-0.1, -0.05) is 13.8 Å². The van der Waals surface area contributed by atoms with Gasteiger partial charge in [-0.3, -0.25) is 0 Å². The predicted molar refractivity (Wildman–Crippen MR) is 89.1 cm³/mol. The molecule has 2 aromatic rings. The van der Waals surface area contributed by atoms with Gasteiger partial charge in [0, 0.05) is 23.6 Å². The molecule has 1 aromatic heterocycles. The van der Waals surface area contributed by atoms with Crippen molar-refractivity contribution >= 4 is 15.9 Å². The standard InChI is InChI=1S/C17H21BrN2O/c1-17(2)9-14(19)12-6-7-20(15(12)10-17)11-4-5-16(21-3)13(18)8-11/h4-8,14H,9-10,19H2,1-3H3. The summed E-state index contributed by atoms with van der Waals surface area (Å²) in [5.41, 5.74) is 10.3. The molecular weight excluding hydrogens is 328 g/mol. The average Bonchev–Trinajstić information content (AvgIpc) is 2.81. The smallest absolute Gasteiger partial charge is 0.133 e. The number of aromatic nitrogens is 1. The summed E-state index contributed by atoms with van der Waals surface area (Å²) in [7, 11) is 1.68. The molecule has 112 valence electrons. The third-order valence-corrected chi connectivity index (χ3v) is 4.88. The Kier molecular flexibility index (Phi) is 3.62. The lowest BCUT2D eigenvalue weighted by Crippen LogP contribution is -2.30. The lowest BCUT2D eigenvalue weighted by Gasteiger charge is -2.34. The second-order valence-electron chi connectivity index (χ2n) is 6.56. The van der Waals surface area contributed by atoms with Gasteiger partial charge < -0.3 is 15.0 Å². The van der Waals surface area contributed by atoms with Crippen molar-refractivity contribution in [2.75, 3.05) is 7.11 Å². The number of halogens is 1. The fourth-order valence-electron chi connectivity index (χ4n) is 3.28. The van der Waals surface area contributed by atoms with E-state index in [-0.39, 0.29) is 11.5 Å². The summed E-state index contributed by atoms with van der Waals surface area (Å²) < 4.78 is 8.52. The summed E-state index contributed by atoms with van der Waals surface area (Å²) in [5.74, 6) is 0.844. The van der Waals surface area contributed by atoms with Gasteiger partial charge in [-0.15, -0.1) is 0 Å². The number of benzene rings is 1. The second-order valence-corrected chi connectivity index (χ2v) is 7.41. The van der Waals surface area contributed by atoms with E-state index in [0.29, 0.717) is 0 Å². The number of fused-ring (bicyclic) bond motifs is 1. The molecule has 0 radical (unpaired) electrons. The van der Waals surface area contributed by atoms with Crippen molar-refractivity contribution in [1.29, 1.82) is 0 Å². The molecular formula is C17H21BrN2O. The molecule has 0 saturated heterocycles. The Balaban J connectivity index is 2.07. The monoisotopic (exact) mass is 348 g/mol. The molecule has 1 heterocycles. The minimum absolute atomic E-state index is 0.131. The van der Waals surface area contributed by atoms with Crippen LogP contribution in [0.1, 0.15) is 37.6 Å². The summed E-state index contributed by atoms with van der Waals surface area (Å²) in [6.45, 7) is 4.58. The molecule has 0 saturated carbocycles. The quantitative estimate of drug-likeness (QED) is 0.882. The maximum Gasteiger partial charge on any atom is 0.133 e. The molecule has 1 aromatic carbocycles. The van der Waals surface area contributed by atoms with Crippen molar-refractivity contribution in [2.45, 2.75) is 32.7 Å². The summed E-state index contributed by atoms with van der Waals surface area (Å²) in [6.07, 6.45) is 4.21. The van der Waals surface area contributed by atoms with Crippen LogP contribution in [-0.2, 0) is 6.42 Å². The molecule has 1 aliphatic rings. The van der Waals surface area contributed by atoms with Gasteiger partial charge in [-0.25, -0.2) is 0 Å². The lowest BCUT2D eigenvalue weighted by molar-refractivity contribution is 0.278. The van der Waals surface area contributed by atoms with Gasteiger partial charge in [-0.05, 0) is 64.0 Å². The predicted octanol–water partition coefficient (Wildman–Crippen LogP) is 4.22. The van der Waals surface area contributed by atoms with E-state index in [0.717, 1.165) is 28.8 Å². The highest BCUT2D eigenvalue weighted by Crippen LogP contribution is 2.41. The highest BCUT2D eigenvalue weighted by molar-refractivity contribution is 9.10. The Labute approximate surface area is 134 Å². The van der Waals surface area contributed by atoms with E-state index in [1.165, 1.54) is 11.3 Å². The molecule has 3 rings (SSSR count). The lowest BCUT2D eigenvalue weighted by atomic mass is 9.74. The fraction of sp³-hybridized carbons (Fsp3) is 0.412. The highest BCUT2D eigenvalue weighted by atomic mass is 79.9. The maximum absolute atomic E-state index is 6.35. The van der Waals surface area contributed by atoms with Crippen LogP contribution in [0.2, 0.25) is 0 Å². The molecule has 3 nitrogen and oxygen atoms in total. The first-order valence-electron chi connectivity index (χ1n) is 7.21. The van der Waals surface area contributed by atoms with Gasteiger partial charge in [0.05, 0.1) is 11.6 Å². The SMILES string of the molecule is COc1ccc(-n2ccc3c2CC(C)(C)CC3N)cc1Br. The minimum atomic E-state index is 0.131. The minimum Gasteiger partial charge on any atom is -0.496 e. The summed E-state index contributed by atoms with van der Waals surface area (Å²) in [4.78, 5) is 0. The first-order valence-corrected chi connectivity index (χ1v) is 8.00. The Morgan fingerprint density at radius 1 is 1.33 bits per heavy atom. The number of nitrogens with zero attached hydrogens (tertiary/aromatic N) is 1. The molecule has 1 aliphatic carbocycles. The Hall–Kier alpha value is -1.26. The Morgan fingerprint density at radius 3 is 2.76 bits per heavy atom. The van der Waals surface area contributed by atoms with Crippen molar-refractivity contribution in [3.8, 4) is 11.4 Å². The first-order chi connectivity index (χ1) is 9.91. The van der Waals surface area contributed by atoms with E-state index in [1.807, 2.05) is 6.07 Å². The first kappa shape index (κ1) is 14.7. The van der Waals surface area contributed by atoms with E-state index >= 15 is 0 Å². The molecule has 0 amide bonds. The van der Waals surface area contributed by atoms with Crippen LogP contribution in [-0.4, -0.2) is 11.7 Å². The Morgan fingerprint density at radius 2 is 2.10 bits per heavy atom. The van der Waals surface area contributed by atoms with Crippen molar-refractivity contribution in [3.05, 3.63) is 46.2 Å². The van der Waals surface area contributed by atoms with Gasteiger partial charge in [0.2, 0.25) is 0 Å². The zero-order chi connectivity index (χ0) is 15.2. The summed E-state index contributed by atoms with van der Waals surface area (Å²) in [6, 6.07) is 8.45. The van der Waals surface area contributed by atoms with Crippen LogP contribution in [0.15, 0.2) is 34.9 Å². The number of nitrogens with two attached hydrogens (primary N) is 1. The van der Waals surface area contributed by atoms with Crippen LogP contribution < -0.4 is 10.5 Å². The highest BCUT2D eigenvalue weighted by Gasteiger charge is 2.32. The molecule has 4 heteroatoms. The van der Waals surface area contributed by atoms with Gasteiger partial charge in [0.25, 0.3) is 0 Å². The zero-order valence-corrected chi connectivity index (χ0v) is 14.3. The van der Waals surface area contributed by atoms with Crippen LogP contribution in [0.4, 0.5) is 0 Å². The van der Waals surface area contributed by atoms with Gasteiger partial charge in [0.1, 0.15) is 5.75 Å². The zero-order valence-electron chi connectivity index (χ0n) is 12.7. The van der Waals surface area contributed by atoms with Crippen LogP contribution >= 0.6 is 15.9 Å². The molecule has 0 fully saturated rings. The summed E-state index contributed by atoms with van der Waals surface area (Å²) >= 11 is 3.56. The van der Waals surface area contributed by atoms with Crippen LogP contribution in [0.5, 0.6) is 5.75 Å². The maximum atomic E-state index is 6.35. The number of ether oxygens (including phenoxy) is 1. The van der Waals surface area contributed by atoms with E-state index in [4.69, 9.17) is 10.5 Å². The van der Waals surface area contributed by atoms with Crippen molar-refractivity contribution in [2.24, 2.45) is 11.1 Å². The van der Waals surface area contributed by atoms with Crippen LogP contribution in [0.25, 0.3) is 5.69 Å². The van der Waals surface area contributed by atoms with E-state index < -0.39 is 0 Å². The topological polar surface area (TPSA) is 40.2 Å². The summed E-state index contributed by atoms with van der Waals surface area (Å²) in [5, 5.41) is 0. The number of methoxy groups -OCH3 is 1. The van der Waals surface area contributed by atoms with Crippen LogP contribution in [0, 0.1) is 5.41 Å². The normalized spacial score (nSPS) is 20.1. The number of rotatable bonds is 2. The molecule has 2 N–H and O–H groups in total. The van der Waals surface area contributed by atoms with Gasteiger partial charge in [-0.2, -0.15) is 0 Å². The third-order valence-electron chi connectivity index (χ3n) is 4.26. The largest absolute Gasteiger partial charge is 0.496 e. The molecule has 21 heavy (non-hydrogen) atoms. The van der Waals surface area contributed by atoms with Gasteiger partial charge in [0.15, 0.2) is 0 Å². The van der Waals surface area contributed by atoms with Crippen molar-refractivity contribution < 1.29 is 4.74 Å². The molecule has 0 bridgehead atoms. The average molecular weight is 349 g/mol. The molecule has 1 atom stereocenters. The van der Waals surface area contributed by atoms with E-state index in [9.17, 15) is 0 Å². The van der Waals surface area contributed by atoms with E-state index in [2.05, 4.69) is 58.7 Å².